The number of H-pyrrole nitrogens is 2. The largest absolute Gasteiger partial charge is 0.496 e. The van der Waals surface area contributed by atoms with Gasteiger partial charge in [-0.15, -0.1) is 10.2 Å². The molecule has 3 heterocycles. The van der Waals surface area contributed by atoms with Crippen molar-refractivity contribution in [1.29, 1.82) is 5.26 Å². The zero-order chi connectivity index (χ0) is 20.7. The highest BCUT2D eigenvalue weighted by atomic mass is 16.5. The summed E-state index contributed by atoms with van der Waals surface area (Å²) in [7, 11) is 1.68. The minimum atomic E-state index is -0.138. The summed E-state index contributed by atoms with van der Waals surface area (Å²) in [5.74, 6) is 1.27. The van der Waals surface area contributed by atoms with Gasteiger partial charge in [-0.1, -0.05) is 5.21 Å². The van der Waals surface area contributed by atoms with E-state index in [0.29, 0.717) is 18.7 Å². The summed E-state index contributed by atoms with van der Waals surface area (Å²) in [6.07, 6.45) is 8.87. The molecule has 1 aromatic carbocycles. The molecule has 1 unspecified atom stereocenters. The number of allylic oxidation sites excluding steroid dienone is 5. The van der Waals surface area contributed by atoms with Crippen molar-refractivity contribution in [2.75, 3.05) is 7.11 Å². The van der Waals surface area contributed by atoms with Crippen molar-refractivity contribution in [2.24, 2.45) is 4.99 Å². The molecule has 0 amide bonds. The lowest BCUT2D eigenvalue weighted by Gasteiger charge is -2.20. The normalized spacial score (nSPS) is 16.3. The van der Waals surface area contributed by atoms with Crippen molar-refractivity contribution >= 4 is 16.6 Å². The Hall–Kier alpha value is -3.99. The second kappa shape index (κ2) is 7.12. The molecule has 1 atom stereocenters. The lowest BCUT2D eigenvalue weighted by Crippen LogP contribution is -2.15. The number of aromatic amines is 2. The highest BCUT2D eigenvalue weighted by Crippen LogP contribution is 2.41. The fourth-order valence-corrected chi connectivity index (χ4v) is 4.21. The topological polar surface area (TPSA) is 116 Å². The van der Waals surface area contributed by atoms with Crippen LogP contribution in [-0.4, -0.2) is 38.4 Å². The van der Waals surface area contributed by atoms with Crippen LogP contribution in [0.25, 0.3) is 10.9 Å². The van der Waals surface area contributed by atoms with Gasteiger partial charge < -0.3 is 9.72 Å². The number of fused-ring (bicyclic) bond motifs is 2. The Balaban J connectivity index is 1.67. The summed E-state index contributed by atoms with van der Waals surface area (Å²) in [5, 5.41) is 24.9. The van der Waals surface area contributed by atoms with Crippen molar-refractivity contribution in [3.8, 4) is 11.8 Å². The first kappa shape index (κ1) is 18.1. The molecule has 1 aliphatic carbocycles. The number of aliphatic imine (C=N–C) groups is 1. The SMILES string of the molecule is COc1cc(C)c2[nH]ccc2c1C(Cc1nn[nH]n1)C1=NC2=CC=C(C#N)CC2=C1. The second-order valence-electron chi connectivity index (χ2n) is 7.40. The number of tetrazole rings is 1. The number of nitrogens with one attached hydrogen (secondary N) is 2. The second-order valence-corrected chi connectivity index (χ2v) is 7.40. The van der Waals surface area contributed by atoms with Crippen LogP contribution in [0.15, 0.2) is 58.4 Å². The lowest BCUT2D eigenvalue weighted by molar-refractivity contribution is 0.409. The van der Waals surface area contributed by atoms with Crippen LogP contribution in [0.1, 0.15) is 29.3 Å². The monoisotopic (exact) mass is 397 g/mol. The smallest absolute Gasteiger partial charge is 0.175 e. The van der Waals surface area contributed by atoms with Crippen molar-refractivity contribution in [3.05, 3.63) is 70.4 Å². The number of hydrogen-bond acceptors (Lipinski definition) is 6. The van der Waals surface area contributed by atoms with Gasteiger partial charge in [-0.05, 0) is 48.4 Å². The minimum Gasteiger partial charge on any atom is -0.496 e. The van der Waals surface area contributed by atoms with E-state index in [-0.39, 0.29) is 5.92 Å². The maximum atomic E-state index is 9.27. The van der Waals surface area contributed by atoms with E-state index in [2.05, 4.69) is 50.7 Å². The molecule has 5 rings (SSSR count). The number of nitriles is 1. The number of methoxy groups -OCH3 is 1. The predicted octanol–water partition coefficient (Wildman–Crippen LogP) is 3.44. The number of aromatic nitrogens is 5. The van der Waals surface area contributed by atoms with Gasteiger partial charge in [0.05, 0.1) is 18.9 Å². The van der Waals surface area contributed by atoms with Gasteiger partial charge in [0.1, 0.15) is 5.75 Å². The van der Waals surface area contributed by atoms with Crippen LogP contribution in [0.3, 0.4) is 0 Å². The van der Waals surface area contributed by atoms with E-state index in [0.717, 1.165) is 50.3 Å². The molecule has 3 aromatic rings. The van der Waals surface area contributed by atoms with E-state index in [1.165, 1.54) is 0 Å². The number of benzene rings is 1. The van der Waals surface area contributed by atoms with Crippen molar-refractivity contribution in [1.82, 2.24) is 25.6 Å². The highest BCUT2D eigenvalue weighted by Gasteiger charge is 2.30. The lowest BCUT2D eigenvalue weighted by atomic mass is 9.86. The van der Waals surface area contributed by atoms with Crippen LogP contribution in [-0.2, 0) is 6.42 Å². The number of hydrogen-bond donors (Lipinski definition) is 2. The first-order valence-electron chi connectivity index (χ1n) is 9.65. The Bertz CT molecular complexity index is 1300. The van der Waals surface area contributed by atoms with Crippen molar-refractivity contribution in [3.63, 3.8) is 0 Å². The summed E-state index contributed by atoms with van der Waals surface area (Å²) in [4.78, 5) is 8.24. The zero-order valence-electron chi connectivity index (χ0n) is 16.6. The Morgan fingerprint density at radius 2 is 2.23 bits per heavy atom. The quantitative estimate of drug-likeness (QED) is 0.684. The Morgan fingerprint density at radius 3 is 3.00 bits per heavy atom. The van der Waals surface area contributed by atoms with Crippen LogP contribution in [0.4, 0.5) is 0 Å². The summed E-state index contributed by atoms with van der Waals surface area (Å²) in [6, 6.07) is 6.35. The first-order valence-corrected chi connectivity index (χ1v) is 9.65. The number of rotatable bonds is 5. The van der Waals surface area contributed by atoms with E-state index in [4.69, 9.17) is 9.73 Å². The van der Waals surface area contributed by atoms with Crippen LogP contribution in [0, 0.1) is 18.3 Å². The van der Waals surface area contributed by atoms with Crippen LogP contribution in [0.5, 0.6) is 5.75 Å². The van der Waals surface area contributed by atoms with Gasteiger partial charge in [-0.3, -0.25) is 4.99 Å². The average Bonchev–Trinajstić information content (AvgIpc) is 3.51. The molecule has 8 heteroatoms. The summed E-state index contributed by atoms with van der Waals surface area (Å²) in [6.45, 7) is 2.06. The van der Waals surface area contributed by atoms with Crippen LogP contribution >= 0.6 is 0 Å². The Labute approximate surface area is 172 Å². The molecule has 0 spiro atoms. The molecular weight excluding hydrogens is 378 g/mol. The Morgan fingerprint density at radius 1 is 1.33 bits per heavy atom. The van der Waals surface area contributed by atoms with E-state index >= 15 is 0 Å². The third kappa shape index (κ3) is 2.92. The number of ether oxygens (including phenoxy) is 1. The molecule has 148 valence electrons. The summed E-state index contributed by atoms with van der Waals surface area (Å²) >= 11 is 0. The van der Waals surface area contributed by atoms with Gasteiger partial charge in [-0.25, -0.2) is 0 Å². The fourth-order valence-electron chi connectivity index (χ4n) is 4.21. The third-order valence-electron chi connectivity index (χ3n) is 5.61. The van der Waals surface area contributed by atoms with Crippen molar-refractivity contribution in [2.45, 2.75) is 25.7 Å². The number of aryl methyl sites for hydroxylation is 1. The fraction of sp³-hybridized carbons (Fsp3) is 0.227. The van der Waals surface area contributed by atoms with Gasteiger partial charge in [0, 0.05) is 52.7 Å². The van der Waals surface area contributed by atoms with Gasteiger partial charge >= 0.3 is 0 Å². The van der Waals surface area contributed by atoms with Gasteiger partial charge in [0.15, 0.2) is 5.82 Å². The highest BCUT2D eigenvalue weighted by molar-refractivity contribution is 6.07. The van der Waals surface area contributed by atoms with E-state index in [1.807, 2.05) is 24.4 Å². The maximum absolute atomic E-state index is 9.27. The van der Waals surface area contributed by atoms with Crippen LogP contribution in [0.2, 0.25) is 0 Å². The molecule has 0 bridgehead atoms. The van der Waals surface area contributed by atoms with E-state index < -0.39 is 0 Å². The minimum absolute atomic E-state index is 0.138. The molecular formula is C22H19N7O. The standard InChI is InChI=1S/C22H19N7O/c1-12-7-19(30-2)21(15-5-6-24-22(12)15)16(10-20-26-28-29-27-20)18-9-14-8-13(11-23)3-4-17(14)25-18/h3-7,9,16,24H,8,10H2,1-2H3,(H,26,27,28,29). The predicted molar refractivity (Wildman–Crippen MR) is 112 cm³/mol. The van der Waals surface area contributed by atoms with E-state index in [1.54, 1.807) is 7.11 Å². The molecule has 0 saturated heterocycles. The number of nitrogens with zero attached hydrogens (tertiary/aromatic N) is 5. The maximum Gasteiger partial charge on any atom is 0.175 e. The van der Waals surface area contributed by atoms with Gasteiger partial charge in [-0.2, -0.15) is 10.5 Å². The molecule has 0 radical (unpaired) electrons. The molecule has 2 aromatic heterocycles. The molecule has 2 aliphatic rings. The molecule has 1 aliphatic heterocycles. The van der Waals surface area contributed by atoms with E-state index in [9.17, 15) is 5.26 Å². The van der Waals surface area contributed by atoms with Gasteiger partial charge in [0.25, 0.3) is 0 Å². The molecule has 8 nitrogen and oxygen atoms in total. The third-order valence-corrected chi connectivity index (χ3v) is 5.61. The molecule has 2 N–H and O–H groups in total. The van der Waals surface area contributed by atoms with Gasteiger partial charge in [0.2, 0.25) is 0 Å². The average molecular weight is 397 g/mol. The summed E-state index contributed by atoms with van der Waals surface area (Å²) < 4.78 is 5.79. The first-order chi connectivity index (χ1) is 14.7. The zero-order valence-corrected chi connectivity index (χ0v) is 16.6. The van der Waals surface area contributed by atoms with Crippen molar-refractivity contribution < 1.29 is 4.74 Å². The molecule has 0 fully saturated rings. The summed E-state index contributed by atoms with van der Waals surface area (Å²) in [5.41, 5.74) is 6.81. The van der Waals surface area contributed by atoms with Crippen LogP contribution < -0.4 is 4.74 Å². The Kier molecular flexibility index (Phi) is 4.29. The molecule has 30 heavy (non-hydrogen) atoms. The molecule has 0 saturated carbocycles.